The van der Waals surface area contributed by atoms with E-state index in [2.05, 4.69) is 31.1 Å². The van der Waals surface area contributed by atoms with Gasteiger partial charge in [0.15, 0.2) is 5.78 Å². The number of pyridine rings is 1. The number of ketones is 1. The summed E-state index contributed by atoms with van der Waals surface area (Å²) in [6.07, 6.45) is 2.01. The van der Waals surface area contributed by atoms with E-state index in [-0.39, 0.29) is 29.9 Å². The minimum Gasteiger partial charge on any atom is -0.457 e. The Morgan fingerprint density at radius 1 is 1.06 bits per heavy atom. The molecule has 0 aliphatic carbocycles. The van der Waals surface area contributed by atoms with E-state index in [1.807, 2.05) is 41.1 Å². The Morgan fingerprint density at radius 2 is 1.86 bits per heavy atom. The van der Waals surface area contributed by atoms with Gasteiger partial charge in [-0.25, -0.2) is 9.67 Å². The summed E-state index contributed by atoms with van der Waals surface area (Å²) in [7, 11) is 0. The number of carbonyl (C=O) groups excluding carboxylic acids is 2. The summed E-state index contributed by atoms with van der Waals surface area (Å²) in [5, 5.41) is 7.53. The highest BCUT2D eigenvalue weighted by atomic mass is 16.5. The molecule has 4 aromatic rings. The Hall–Kier alpha value is -4.26. The monoisotopic (exact) mass is 466 g/mol. The van der Waals surface area contributed by atoms with Crippen molar-refractivity contribution in [1.82, 2.24) is 14.8 Å². The molecule has 0 saturated heterocycles. The van der Waals surface area contributed by atoms with Gasteiger partial charge in [-0.3, -0.25) is 9.59 Å². The lowest BCUT2D eigenvalue weighted by Gasteiger charge is -2.14. The normalized spacial score (nSPS) is 12.8. The van der Waals surface area contributed by atoms with Crippen molar-refractivity contribution in [2.45, 2.75) is 39.0 Å². The highest BCUT2D eigenvalue weighted by Gasteiger charge is 2.24. The highest BCUT2D eigenvalue weighted by Crippen LogP contribution is 2.33. The Bertz CT molecular complexity index is 1420. The van der Waals surface area contributed by atoms with E-state index in [9.17, 15) is 9.59 Å². The third kappa shape index (κ3) is 4.71. The largest absolute Gasteiger partial charge is 0.457 e. The van der Waals surface area contributed by atoms with Gasteiger partial charge in [-0.05, 0) is 36.4 Å². The van der Waals surface area contributed by atoms with Gasteiger partial charge in [0.05, 0.1) is 29.9 Å². The number of carbonyl (C=O) groups is 2. The van der Waals surface area contributed by atoms with Crippen molar-refractivity contribution in [3.63, 3.8) is 0 Å². The standard InChI is InChI=1S/C28H26N4O3/c1-28(2,3)25-16-20(32(31-25)19-9-5-4-6-10-19)15-23(33)18-8-7-11-21(14-18)35-24-12-13-29-27-22(24)17-26(34)30-27/h4-14,16H,15,17H2,1-3H3,(H,29,30,34). The van der Waals surface area contributed by atoms with Crippen molar-refractivity contribution in [1.29, 1.82) is 0 Å². The number of aromatic nitrogens is 3. The van der Waals surface area contributed by atoms with Crippen LogP contribution in [-0.4, -0.2) is 26.5 Å². The molecule has 1 N–H and O–H groups in total. The van der Waals surface area contributed by atoms with Crippen LogP contribution in [0.4, 0.5) is 5.82 Å². The lowest BCUT2D eigenvalue weighted by Crippen LogP contribution is -2.12. The van der Waals surface area contributed by atoms with Crippen molar-refractivity contribution >= 4 is 17.5 Å². The molecule has 1 amide bonds. The number of amides is 1. The van der Waals surface area contributed by atoms with Gasteiger partial charge >= 0.3 is 0 Å². The van der Waals surface area contributed by atoms with Crippen molar-refractivity contribution in [2.24, 2.45) is 0 Å². The first kappa shape index (κ1) is 22.5. The number of fused-ring (bicyclic) bond motifs is 1. The predicted molar refractivity (Wildman–Crippen MR) is 133 cm³/mol. The fraction of sp³-hybridized carbons (Fsp3) is 0.214. The number of para-hydroxylation sites is 1. The molecule has 3 heterocycles. The van der Waals surface area contributed by atoms with Gasteiger partial charge in [0.1, 0.15) is 17.3 Å². The van der Waals surface area contributed by atoms with E-state index in [0.29, 0.717) is 22.9 Å². The third-order valence-electron chi connectivity index (χ3n) is 5.89. The minimum absolute atomic E-state index is 0.0372. The fourth-order valence-electron chi connectivity index (χ4n) is 4.02. The molecule has 0 spiro atoms. The van der Waals surface area contributed by atoms with Crippen LogP contribution in [0.3, 0.4) is 0 Å². The summed E-state index contributed by atoms with van der Waals surface area (Å²) in [6.45, 7) is 6.32. The maximum atomic E-state index is 13.3. The minimum atomic E-state index is -0.146. The second-order valence-corrected chi connectivity index (χ2v) is 9.61. The zero-order valence-electron chi connectivity index (χ0n) is 19.9. The number of ether oxygens (including phenoxy) is 1. The van der Waals surface area contributed by atoms with Crippen LogP contribution in [0.1, 0.15) is 48.1 Å². The van der Waals surface area contributed by atoms with Gasteiger partial charge in [-0.15, -0.1) is 0 Å². The van der Waals surface area contributed by atoms with E-state index in [1.54, 1.807) is 36.5 Å². The first-order valence-electron chi connectivity index (χ1n) is 11.5. The van der Waals surface area contributed by atoms with Crippen molar-refractivity contribution < 1.29 is 14.3 Å². The summed E-state index contributed by atoms with van der Waals surface area (Å²) in [6, 6.07) is 20.7. The quantitative estimate of drug-likeness (QED) is 0.391. The molecular weight excluding hydrogens is 440 g/mol. The van der Waals surface area contributed by atoms with Gasteiger partial charge in [0.25, 0.3) is 0 Å². The topological polar surface area (TPSA) is 86.1 Å². The lowest BCUT2D eigenvalue weighted by atomic mass is 9.92. The lowest BCUT2D eigenvalue weighted by molar-refractivity contribution is -0.115. The third-order valence-corrected chi connectivity index (χ3v) is 5.89. The fourth-order valence-corrected chi connectivity index (χ4v) is 4.02. The summed E-state index contributed by atoms with van der Waals surface area (Å²) in [5.41, 5.74) is 3.78. The molecule has 176 valence electrons. The summed E-state index contributed by atoms with van der Waals surface area (Å²) >= 11 is 0. The van der Waals surface area contributed by atoms with Crippen LogP contribution in [-0.2, 0) is 23.1 Å². The molecule has 5 rings (SSSR count). The van der Waals surface area contributed by atoms with Crippen LogP contribution >= 0.6 is 0 Å². The van der Waals surface area contributed by atoms with Crippen LogP contribution < -0.4 is 10.1 Å². The van der Waals surface area contributed by atoms with Crippen LogP contribution in [0.15, 0.2) is 72.9 Å². The smallest absolute Gasteiger partial charge is 0.230 e. The summed E-state index contributed by atoms with van der Waals surface area (Å²) < 4.78 is 7.90. The SMILES string of the molecule is CC(C)(C)c1cc(CC(=O)c2cccc(Oc3ccnc4c3CC(=O)N4)c2)n(-c2ccccc2)n1. The maximum Gasteiger partial charge on any atom is 0.230 e. The van der Waals surface area contributed by atoms with Crippen LogP contribution in [0.2, 0.25) is 0 Å². The van der Waals surface area contributed by atoms with Crippen LogP contribution in [0.25, 0.3) is 5.69 Å². The Labute approximate surface area is 203 Å². The maximum absolute atomic E-state index is 13.3. The Balaban J connectivity index is 1.41. The van der Waals surface area contributed by atoms with E-state index in [0.717, 1.165) is 22.6 Å². The number of hydrogen-bond acceptors (Lipinski definition) is 5. The molecule has 7 nitrogen and oxygen atoms in total. The van der Waals surface area contributed by atoms with Gasteiger partial charge < -0.3 is 10.1 Å². The molecular formula is C28H26N4O3. The molecule has 0 fully saturated rings. The molecule has 0 atom stereocenters. The number of hydrogen-bond donors (Lipinski definition) is 1. The molecule has 2 aromatic heterocycles. The van der Waals surface area contributed by atoms with Crippen molar-refractivity contribution in [3.05, 3.63) is 95.4 Å². The molecule has 0 radical (unpaired) electrons. The first-order valence-corrected chi connectivity index (χ1v) is 11.5. The number of benzene rings is 2. The number of nitrogens with zero attached hydrogens (tertiary/aromatic N) is 3. The zero-order chi connectivity index (χ0) is 24.6. The van der Waals surface area contributed by atoms with Crippen LogP contribution in [0, 0.1) is 0 Å². The van der Waals surface area contributed by atoms with Crippen molar-refractivity contribution in [3.8, 4) is 17.2 Å². The molecule has 0 unspecified atom stereocenters. The van der Waals surface area contributed by atoms with E-state index in [1.165, 1.54) is 0 Å². The molecule has 0 bridgehead atoms. The molecule has 0 saturated carbocycles. The van der Waals surface area contributed by atoms with E-state index in [4.69, 9.17) is 9.84 Å². The van der Waals surface area contributed by atoms with Gasteiger partial charge in [-0.2, -0.15) is 5.10 Å². The molecule has 35 heavy (non-hydrogen) atoms. The average molecular weight is 467 g/mol. The van der Waals surface area contributed by atoms with E-state index >= 15 is 0 Å². The highest BCUT2D eigenvalue weighted by molar-refractivity contribution is 5.99. The zero-order valence-corrected chi connectivity index (χ0v) is 19.9. The number of Topliss-reactive ketones (excluding diaryl/α,β-unsaturated/α-hetero) is 1. The van der Waals surface area contributed by atoms with Gasteiger partial charge in [0.2, 0.25) is 5.91 Å². The van der Waals surface area contributed by atoms with Crippen LogP contribution in [0.5, 0.6) is 11.5 Å². The summed E-state index contributed by atoms with van der Waals surface area (Å²) in [4.78, 5) is 29.3. The Kier molecular flexibility index (Phi) is 5.68. The van der Waals surface area contributed by atoms with E-state index < -0.39 is 0 Å². The number of rotatable bonds is 6. The summed E-state index contributed by atoms with van der Waals surface area (Å²) in [5.74, 6) is 1.44. The average Bonchev–Trinajstić information content (AvgIpc) is 3.43. The molecule has 2 aromatic carbocycles. The second-order valence-electron chi connectivity index (χ2n) is 9.61. The van der Waals surface area contributed by atoms with Gasteiger partial charge in [0, 0.05) is 22.7 Å². The van der Waals surface area contributed by atoms with Crippen molar-refractivity contribution in [2.75, 3.05) is 5.32 Å². The van der Waals surface area contributed by atoms with Gasteiger partial charge in [-0.1, -0.05) is 51.1 Å². The second kappa shape index (κ2) is 8.83. The first-order chi connectivity index (χ1) is 16.8. The molecule has 1 aliphatic heterocycles. The number of nitrogens with one attached hydrogen (secondary N) is 1. The molecule has 1 aliphatic rings. The number of anilines is 1. The Morgan fingerprint density at radius 3 is 2.63 bits per heavy atom. The predicted octanol–water partition coefficient (Wildman–Crippen LogP) is 5.28. The molecule has 7 heteroatoms.